The van der Waals surface area contributed by atoms with Crippen molar-refractivity contribution in [3.8, 4) is 0 Å². The molecule has 6 heteroatoms. The molecule has 112 valence electrons. The van der Waals surface area contributed by atoms with E-state index in [1.807, 2.05) is 13.8 Å². The Kier molecular flexibility index (Phi) is 4.36. The van der Waals surface area contributed by atoms with Crippen LogP contribution in [0.4, 0.5) is 5.69 Å². The van der Waals surface area contributed by atoms with Gasteiger partial charge in [0.1, 0.15) is 0 Å². The third kappa shape index (κ3) is 4.19. The van der Waals surface area contributed by atoms with Crippen LogP contribution in [-0.2, 0) is 14.8 Å². The maximum absolute atomic E-state index is 12.0. The van der Waals surface area contributed by atoms with Crippen molar-refractivity contribution in [1.82, 2.24) is 4.72 Å². The molecule has 0 spiro atoms. The number of nitrogens with one attached hydrogen (secondary N) is 2. The Morgan fingerprint density at radius 1 is 1.25 bits per heavy atom. The van der Waals surface area contributed by atoms with Gasteiger partial charge in [-0.25, -0.2) is 13.1 Å². The van der Waals surface area contributed by atoms with Crippen LogP contribution < -0.4 is 10.0 Å². The van der Waals surface area contributed by atoms with E-state index in [1.54, 1.807) is 31.4 Å². The Bertz CT molecular complexity index is 548. The molecular weight excluding hydrogens is 276 g/mol. The van der Waals surface area contributed by atoms with Crippen LogP contribution in [0.2, 0.25) is 0 Å². The van der Waals surface area contributed by atoms with E-state index < -0.39 is 10.0 Å². The van der Waals surface area contributed by atoms with E-state index in [1.165, 1.54) is 0 Å². The molecule has 0 unspecified atom stereocenters. The summed E-state index contributed by atoms with van der Waals surface area (Å²) in [5, 5.41) is 3.23. The zero-order valence-electron chi connectivity index (χ0n) is 12.1. The topological polar surface area (TPSA) is 67.4 Å². The Balaban J connectivity index is 1.99. The van der Waals surface area contributed by atoms with Crippen molar-refractivity contribution in [2.75, 3.05) is 19.0 Å². The number of hydrogen-bond donors (Lipinski definition) is 2. The van der Waals surface area contributed by atoms with E-state index in [-0.39, 0.29) is 11.6 Å². The van der Waals surface area contributed by atoms with Gasteiger partial charge in [-0.2, -0.15) is 0 Å². The molecule has 20 heavy (non-hydrogen) atoms. The second-order valence-corrected chi connectivity index (χ2v) is 7.45. The van der Waals surface area contributed by atoms with Crippen LogP contribution in [0.5, 0.6) is 0 Å². The number of rotatable bonds is 7. The normalized spacial score (nSPS) is 16.1. The minimum atomic E-state index is -3.36. The van der Waals surface area contributed by atoms with E-state index in [0.717, 1.165) is 18.5 Å². The molecule has 1 aromatic carbocycles. The van der Waals surface area contributed by atoms with Gasteiger partial charge in [-0.15, -0.1) is 0 Å². The fraction of sp³-hybridized carbons (Fsp3) is 0.571. The molecule has 0 heterocycles. The van der Waals surface area contributed by atoms with Crippen molar-refractivity contribution in [3.63, 3.8) is 0 Å². The summed E-state index contributed by atoms with van der Waals surface area (Å²) in [4.78, 5) is 0.306. The highest BCUT2D eigenvalue weighted by atomic mass is 32.2. The summed E-state index contributed by atoms with van der Waals surface area (Å²) in [6.07, 6.45) is 1.87. The highest BCUT2D eigenvalue weighted by molar-refractivity contribution is 7.89. The Labute approximate surface area is 120 Å². The molecule has 1 aliphatic rings. The van der Waals surface area contributed by atoms with Gasteiger partial charge in [0, 0.05) is 25.4 Å². The van der Waals surface area contributed by atoms with Gasteiger partial charge in [-0.3, -0.25) is 0 Å². The Hall–Kier alpha value is -1.11. The molecule has 1 aromatic rings. The van der Waals surface area contributed by atoms with Gasteiger partial charge in [0.2, 0.25) is 10.0 Å². The summed E-state index contributed by atoms with van der Waals surface area (Å²) in [5.74, 6) is 0. The van der Waals surface area contributed by atoms with Gasteiger partial charge in [0.25, 0.3) is 0 Å². The van der Waals surface area contributed by atoms with Crippen molar-refractivity contribution in [2.45, 2.75) is 43.2 Å². The van der Waals surface area contributed by atoms with Crippen LogP contribution in [0, 0.1) is 0 Å². The molecule has 0 atom stereocenters. The molecule has 0 aliphatic heterocycles. The van der Waals surface area contributed by atoms with E-state index in [2.05, 4.69) is 10.0 Å². The molecule has 2 rings (SSSR count). The summed E-state index contributed by atoms with van der Waals surface area (Å²) in [6, 6.07) is 6.90. The van der Waals surface area contributed by atoms with Crippen LogP contribution in [0.15, 0.2) is 29.2 Å². The SMILES string of the molecule is COC(C)(C)CNc1ccc(S(=O)(=O)NC2CC2)cc1. The Morgan fingerprint density at radius 3 is 2.35 bits per heavy atom. The van der Waals surface area contributed by atoms with Crippen molar-refractivity contribution in [1.29, 1.82) is 0 Å². The number of ether oxygens (including phenoxy) is 1. The van der Waals surface area contributed by atoms with Gasteiger partial charge < -0.3 is 10.1 Å². The highest BCUT2D eigenvalue weighted by Crippen LogP contribution is 2.23. The lowest BCUT2D eigenvalue weighted by molar-refractivity contribution is 0.0344. The minimum absolute atomic E-state index is 0.125. The van der Waals surface area contributed by atoms with Gasteiger partial charge in [-0.1, -0.05) is 0 Å². The summed E-state index contributed by atoms with van der Waals surface area (Å²) in [5.41, 5.74) is 0.610. The van der Waals surface area contributed by atoms with Crippen LogP contribution in [0.25, 0.3) is 0 Å². The average molecular weight is 298 g/mol. The lowest BCUT2D eigenvalue weighted by Crippen LogP contribution is -2.32. The Morgan fingerprint density at radius 2 is 1.85 bits per heavy atom. The number of methoxy groups -OCH3 is 1. The van der Waals surface area contributed by atoms with Gasteiger partial charge >= 0.3 is 0 Å². The third-order valence-corrected chi connectivity index (χ3v) is 4.87. The number of sulfonamides is 1. The summed E-state index contributed by atoms with van der Waals surface area (Å²) in [7, 11) is -1.70. The third-order valence-electron chi connectivity index (χ3n) is 3.33. The minimum Gasteiger partial charge on any atom is -0.382 e. The summed E-state index contributed by atoms with van der Waals surface area (Å²) < 4.78 is 32.0. The van der Waals surface area contributed by atoms with Crippen LogP contribution in [-0.4, -0.2) is 33.7 Å². The maximum atomic E-state index is 12.0. The van der Waals surface area contributed by atoms with E-state index in [9.17, 15) is 8.42 Å². The number of anilines is 1. The molecular formula is C14H22N2O3S. The van der Waals surface area contributed by atoms with Crippen LogP contribution in [0.1, 0.15) is 26.7 Å². The molecule has 0 saturated heterocycles. The smallest absolute Gasteiger partial charge is 0.240 e. The molecule has 1 aliphatic carbocycles. The molecule has 0 bridgehead atoms. The highest BCUT2D eigenvalue weighted by Gasteiger charge is 2.27. The summed E-state index contributed by atoms with van der Waals surface area (Å²) >= 11 is 0. The van der Waals surface area contributed by atoms with Gasteiger partial charge in [-0.05, 0) is 51.0 Å². The first kappa shape index (κ1) is 15.3. The lowest BCUT2D eigenvalue weighted by Gasteiger charge is -2.23. The first-order valence-corrected chi connectivity index (χ1v) is 8.22. The largest absolute Gasteiger partial charge is 0.382 e. The molecule has 0 aromatic heterocycles. The van der Waals surface area contributed by atoms with Crippen LogP contribution in [0.3, 0.4) is 0 Å². The van der Waals surface area contributed by atoms with Crippen molar-refractivity contribution >= 4 is 15.7 Å². The van der Waals surface area contributed by atoms with Crippen molar-refractivity contribution < 1.29 is 13.2 Å². The van der Waals surface area contributed by atoms with Crippen molar-refractivity contribution in [3.05, 3.63) is 24.3 Å². The zero-order valence-corrected chi connectivity index (χ0v) is 13.0. The zero-order chi connectivity index (χ0) is 14.8. The van der Waals surface area contributed by atoms with Crippen LogP contribution >= 0.6 is 0 Å². The lowest BCUT2D eigenvalue weighted by atomic mass is 10.1. The van der Waals surface area contributed by atoms with E-state index in [0.29, 0.717) is 11.4 Å². The predicted octanol–water partition coefficient (Wildman–Crippen LogP) is 1.96. The van der Waals surface area contributed by atoms with E-state index >= 15 is 0 Å². The monoisotopic (exact) mass is 298 g/mol. The average Bonchev–Trinajstić information content (AvgIpc) is 3.20. The molecule has 5 nitrogen and oxygen atoms in total. The number of hydrogen-bond acceptors (Lipinski definition) is 4. The second-order valence-electron chi connectivity index (χ2n) is 5.74. The van der Waals surface area contributed by atoms with Gasteiger partial charge in [0.05, 0.1) is 10.5 Å². The first-order chi connectivity index (χ1) is 9.32. The molecule has 0 amide bonds. The molecule has 2 N–H and O–H groups in total. The predicted molar refractivity (Wildman–Crippen MR) is 79.4 cm³/mol. The van der Waals surface area contributed by atoms with E-state index in [4.69, 9.17) is 4.74 Å². The number of benzene rings is 1. The molecule has 1 fully saturated rings. The fourth-order valence-electron chi connectivity index (χ4n) is 1.63. The molecule has 0 radical (unpaired) electrons. The second kappa shape index (κ2) is 5.71. The maximum Gasteiger partial charge on any atom is 0.240 e. The first-order valence-electron chi connectivity index (χ1n) is 6.74. The standard InChI is InChI=1S/C14H22N2O3S/c1-14(2,19-3)10-15-11-6-8-13(9-7-11)20(17,18)16-12-4-5-12/h6-9,12,15-16H,4-5,10H2,1-3H3. The van der Waals surface area contributed by atoms with Crippen molar-refractivity contribution in [2.24, 2.45) is 0 Å². The summed E-state index contributed by atoms with van der Waals surface area (Å²) in [6.45, 7) is 4.62. The van der Waals surface area contributed by atoms with Gasteiger partial charge in [0.15, 0.2) is 0 Å². The molecule has 1 saturated carbocycles. The quantitative estimate of drug-likeness (QED) is 0.807. The fourth-order valence-corrected chi connectivity index (χ4v) is 2.93.